The summed E-state index contributed by atoms with van der Waals surface area (Å²) in [7, 11) is 0. The van der Waals surface area contributed by atoms with E-state index in [1.54, 1.807) is 0 Å². The smallest absolute Gasteiger partial charge is 0.303 e. The van der Waals surface area contributed by atoms with Gasteiger partial charge < -0.3 is 16.2 Å². The van der Waals surface area contributed by atoms with Gasteiger partial charge in [-0.1, -0.05) is 31.2 Å². The van der Waals surface area contributed by atoms with Gasteiger partial charge in [-0.25, -0.2) is 0 Å². The molecule has 4 N–H and O–H groups in total. The van der Waals surface area contributed by atoms with Crippen molar-refractivity contribution < 1.29 is 14.7 Å². The third-order valence-corrected chi connectivity index (χ3v) is 2.90. The number of carbonyl (C=O) groups excluding carboxylic acids is 1. The van der Waals surface area contributed by atoms with Gasteiger partial charge in [0, 0.05) is 13.0 Å². The molecule has 1 atom stereocenters. The molecule has 0 aliphatic carbocycles. The van der Waals surface area contributed by atoms with E-state index in [1.165, 1.54) is 5.56 Å². The molecular formula is C14H20N2O3. The Morgan fingerprint density at radius 1 is 1.26 bits per heavy atom. The van der Waals surface area contributed by atoms with Gasteiger partial charge in [0.1, 0.15) is 0 Å². The summed E-state index contributed by atoms with van der Waals surface area (Å²) in [5.74, 6) is -1.26. The number of benzene rings is 1. The van der Waals surface area contributed by atoms with Crippen molar-refractivity contribution in [3.8, 4) is 0 Å². The van der Waals surface area contributed by atoms with Crippen molar-refractivity contribution in [1.29, 1.82) is 0 Å². The predicted octanol–water partition coefficient (Wildman–Crippen LogP) is 1.06. The summed E-state index contributed by atoms with van der Waals surface area (Å²) in [4.78, 5) is 22.0. The number of nitrogens with one attached hydrogen (secondary N) is 1. The van der Waals surface area contributed by atoms with Crippen molar-refractivity contribution in [1.82, 2.24) is 5.32 Å². The SMILES string of the molecule is CCc1ccc(CNC(=O)C(N)CCC(=O)O)cc1. The summed E-state index contributed by atoms with van der Waals surface area (Å²) in [5.41, 5.74) is 7.84. The van der Waals surface area contributed by atoms with Crippen LogP contribution in [0.25, 0.3) is 0 Å². The maximum absolute atomic E-state index is 11.6. The monoisotopic (exact) mass is 264 g/mol. The fourth-order valence-corrected chi connectivity index (χ4v) is 1.62. The minimum atomic E-state index is -0.946. The highest BCUT2D eigenvalue weighted by Crippen LogP contribution is 2.05. The molecule has 0 heterocycles. The first kappa shape index (κ1) is 15.2. The van der Waals surface area contributed by atoms with Crippen molar-refractivity contribution in [3.05, 3.63) is 35.4 Å². The Bertz CT molecular complexity index is 429. The van der Waals surface area contributed by atoms with Crippen molar-refractivity contribution in [2.75, 3.05) is 0 Å². The molecule has 0 spiro atoms. The van der Waals surface area contributed by atoms with Crippen LogP contribution in [0.4, 0.5) is 0 Å². The van der Waals surface area contributed by atoms with Crippen LogP contribution in [0.2, 0.25) is 0 Å². The molecule has 1 unspecified atom stereocenters. The van der Waals surface area contributed by atoms with Gasteiger partial charge in [0.25, 0.3) is 0 Å². The van der Waals surface area contributed by atoms with Crippen LogP contribution in [0, 0.1) is 0 Å². The van der Waals surface area contributed by atoms with Crippen LogP contribution in [-0.4, -0.2) is 23.0 Å². The molecule has 0 radical (unpaired) electrons. The second kappa shape index (κ2) is 7.53. The van der Waals surface area contributed by atoms with Crippen LogP contribution in [0.1, 0.15) is 30.9 Å². The fourth-order valence-electron chi connectivity index (χ4n) is 1.62. The van der Waals surface area contributed by atoms with Gasteiger partial charge in [0.05, 0.1) is 6.04 Å². The number of carbonyl (C=O) groups is 2. The first-order valence-corrected chi connectivity index (χ1v) is 6.35. The number of amides is 1. The lowest BCUT2D eigenvalue weighted by molar-refractivity contribution is -0.137. The Morgan fingerprint density at radius 3 is 2.37 bits per heavy atom. The van der Waals surface area contributed by atoms with Crippen LogP contribution in [0.5, 0.6) is 0 Å². The largest absolute Gasteiger partial charge is 0.481 e. The highest BCUT2D eigenvalue weighted by molar-refractivity contribution is 5.82. The average molecular weight is 264 g/mol. The van der Waals surface area contributed by atoms with E-state index in [9.17, 15) is 9.59 Å². The van der Waals surface area contributed by atoms with Gasteiger partial charge in [-0.3, -0.25) is 9.59 Å². The van der Waals surface area contributed by atoms with Crippen molar-refractivity contribution in [3.63, 3.8) is 0 Å². The second-order valence-corrected chi connectivity index (χ2v) is 4.43. The Balaban J connectivity index is 2.38. The lowest BCUT2D eigenvalue weighted by Gasteiger charge is -2.11. The molecule has 1 rings (SSSR count). The molecule has 0 aromatic heterocycles. The lowest BCUT2D eigenvalue weighted by Crippen LogP contribution is -2.40. The summed E-state index contributed by atoms with van der Waals surface area (Å²) < 4.78 is 0. The van der Waals surface area contributed by atoms with Crippen LogP contribution >= 0.6 is 0 Å². The molecule has 1 amide bonds. The summed E-state index contributed by atoms with van der Waals surface area (Å²) >= 11 is 0. The predicted molar refractivity (Wildman–Crippen MR) is 72.5 cm³/mol. The maximum atomic E-state index is 11.6. The quantitative estimate of drug-likeness (QED) is 0.686. The molecule has 0 aliphatic rings. The maximum Gasteiger partial charge on any atom is 0.303 e. The number of carboxylic acid groups (broad SMARTS) is 1. The molecule has 0 saturated heterocycles. The molecular weight excluding hydrogens is 244 g/mol. The Morgan fingerprint density at radius 2 is 1.84 bits per heavy atom. The summed E-state index contributed by atoms with van der Waals surface area (Å²) in [6.45, 7) is 2.49. The summed E-state index contributed by atoms with van der Waals surface area (Å²) in [5, 5.41) is 11.2. The number of nitrogens with two attached hydrogens (primary N) is 1. The second-order valence-electron chi connectivity index (χ2n) is 4.43. The Hall–Kier alpha value is -1.88. The molecule has 0 aliphatic heterocycles. The molecule has 0 bridgehead atoms. The van der Waals surface area contributed by atoms with Crippen LogP contribution in [-0.2, 0) is 22.6 Å². The van der Waals surface area contributed by atoms with E-state index in [0.29, 0.717) is 6.54 Å². The van der Waals surface area contributed by atoms with Crippen molar-refractivity contribution in [2.45, 2.75) is 38.8 Å². The average Bonchev–Trinajstić information content (AvgIpc) is 2.42. The summed E-state index contributed by atoms with van der Waals surface area (Å²) in [6, 6.07) is 7.19. The van der Waals surface area contributed by atoms with Crippen LogP contribution < -0.4 is 11.1 Å². The number of hydrogen-bond donors (Lipinski definition) is 3. The van der Waals surface area contributed by atoms with Gasteiger partial charge in [0.15, 0.2) is 0 Å². The number of rotatable bonds is 7. The van der Waals surface area contributed by atoms with Gasteiger partial charge in [-0.05, 0) is 24.0 Å². The van der Waals surface area contributed by atoms with Gasteiger partial charge in [0.2, 0.25) is 5.91 Å². The van der Waals surface area contributed by atoms with E-state index >= 15 is 0 Å². The van der Waals surface area contributed by atoms with E-state index in [2.05, 4.69) is 12.2 Å². The van der Waals surface area contributed by atoms with Crippen LogP contribution in [0.15, 0.2) is 24.3 Å². The third-order valence-electron chi connectivity index (χ3n) is 2.90. The van der Waals surface area contributed by atoms with Gasteiger partial charge in [-0.2, -0.15) is 0 Å². The van der Waals surface area contributed by atoms with Gasteiger partial charge >= 0.3 is 5.97 Å². The third kappa shape index (κ3) is 5.52. The highest BCUT2D eigenvalue weighted by atomic mass is 16.4. The first-order chi connectivity index (χ1) is 9.02. The molecule has 1 aromatic carbocycles. The van der Waals surface area contributed by atoms with Gasteiger partial charge in [-0.15, -0.1) is 0 Å². The zero-order valence-corrected chi connectivity index (χ0v) is 11.1. The standard InChI is InChI=1S/C14H20N2O3/c1-2-10-3-5-11(6-4-10)9-16-14(19)12(15)7-8-13(17)18/h3-6,12H,2,7-9,15H2,1H3,(H,16,19)(H,17,18). The van der Waals surface area contributed by atoms with E-state index in [1.807, 2.05) is 24.3 Å². The van der Waals surface area contributed by atoms with Crippen molar-refractivity contribution in [2.24, 2.45) is 5.73 Å². The molecule has 1 aromatic rings. The minimum Gasteiger partial charge on any atom is -0.481 e. The molecule has 5 nitrogen and oxygen atoms in total. The molecule has 19 heavy (non-hydrogen) atoms. The van der Waals surface area contributed by atoms with E-state index in [-0.39, 0.29) is 18.7 Å². The Labute approximate surface area is 112 Å². The number of carboxylic acids is 1. The lowest BCUT2D eigenvalue weighted by atomic mass is 10.1. The van der Waals surface area contributed by atoms with E-state index < -0.39 is 12.0 Å². The normalized spacial score (nSPS) is 11.9. The molecule has 104 valence electrons. The highest BCUT2D eigenvalue weighted by Gasteiger charge is 2.14. The number of aliphatic carboxylic acids is 1. The van der Waals surface area contributed by atoms with E-state index in [0.717, 1.165) is 12.0 Å². The number of hydrogen-bond acceptors (Lipinski definition) is 3. The minimum absolute atomic E-state index is 0.0974. The molecule has 0 fully saturated rings. The molecule has 5 heteroatoms. The first-order valence-electron chi connectivity index (χ1n) is 6.35. The Kier molecular flexibility index (Phi) is 6.02. The van der Waals surface area contributed by atoms with Crippen LogP contribution in [0.3, 0.4) is 0 Å². The zero-order chi connectivity index (χ0) is 14.3. The topological polar surface area (TPSA) is 92.4 Å². The molecule has 0 saturated carbocycles. The number of aryl methyl sites for hydroxylation is 1. The zero-order valence-electron chi connectivity index (χ0n) is 11.1. The van der Waals surface area contributed by atoms with E-state index in [4.69, 9.17) is 10.8 Å². The van der Waals surface area contributed by atoms with Crippen molar-refractivity contribution >= 4 is 11.9 Å². The fraction of sp³-hybridized carbons (Fsp3) is 0.429. The summed E-state index contributed by atoms with van der Waals surface area (Å²) in [6.07, 6.45) is 1.03.